The van der Waals surface area contributed by atoms with E-state index >= 15 is 0 Å². The highest BCUT2D eigenvalue weighted by atomic mass is 19.1. The van der Waals surface area contributed by atoms with Crippen LogP contribution < -0.4 is 0 Å². The van der Waals surface area contributed by atoms with Gasteiger partial charge in [0.05, 0.1) is 6.61 Å². The van der Waals surface area contributed by atoms with Gasteiger partial charge in [0, 0.05) is 5.56 Å². The Morgan fingerprint density at radius 1 is 1.55 bits per heavy atom. The van der Waals surface area contributed by atoms with E-state index in [2.05, 4.69) is 6.58 Å². The number of halogens is 1. The molecule has 0 radical (unpaired) electrons. The van der Waals surface area contributed by atoms with Gasteiger partial charge in [-0.3, -0.25) is 0 Å². The quantitative estimate of drug-likeness (QED) is 0.686. The van der Waals surface area contributed by atoms with Crippen molar-refractivity contribution in [2.24, 2.45) is 0 Å². The molecule has 1 aromatic rings. The maximum Gasteiger partial charge on any atom is 0.130 e. The normalized spacial score (nSPS) is 9.64. The Bertz CT molecular complexity index is 268. The van der Waals surface area contributed by atoms with Crippen molar-refractivity contribution in [1.29, 1.82) is 0 Å². The number of aliphatic hydroxyl groups excluding tert-OH is 1. The van der Waals surface area contributed by atoms with Gasteiger partial charge in [0.1, 0.15) is 5.82 Å². The molecule has 0 saturated heterocycles. The van der Waals surface area contributed by atoms with Crippen LogP contribution in [0.3, 0.4) is 0 Å². The van der Waals surface area contributed by atoms with E-state index in [4.69, 9.17) is 5.11 Å². The fraction of sp³-hybridized carbons (Fsp3) is 0.111. The van der Waals surface area contributed by atoms with Crippen molar-refractivity contribution in [3.8, 4) is 0 Å². The summed E-state index contributed by atoms with van der Waals surface area (Å²) >= 11 is 0. The van der Waals surface area contributed by atoms with Crippen LogP contribution in [-0.2, 0) is 6.61 Å². The highest BCUT2D eigenvalue weighted by Gasteiger charge is 2.01. The minimum absolute atomic E-state index is 0.154. The van der Waals surface area contributed by atoms with Gasteiger partial charge in [0.2, 0.25) is 0 Å². The van der Waals surface area contributed by atoms with Crippen molar-refractivity contribution >= 4 is 6.08 Å². The van der Waals surface area contributed by atoms with Gasteiger partial charge in [0.25, 0.3) is 0 Å². The summed E-state index contributed by atoms with van der Waals surface area (Å²) in [6.07, 6.45) is 1.40. The van der Waals surface area contributed by atoms with E-state index in [0.29, 0.717) is 11.1 Å². The maximum absolute atomic E-state index is 12.9. The molecule has 0 fully saturated rings. The number of hydrogen-bond donors (Lipinski definition) is 1. The molecule has 1 N–H and O–H groups in total. The molecule has 0 heterocycles. The average molecular weight is 152 g/mol. The van der Waals surface area contributed by atoms with Crippen LogP contribution in [0.4, 0.5) is 4.39 Å². The molecule has 0 atom stereocenters. The fourth-order valence-electron chi connectivity index (χ4n) is 0.948. The van der Waals surface area contributed by atoms with Crippen molar-refractivity contribution in [3.63, 3.8) is 0 Å². The number of aliphatic hydroxyl groups is 1. The Balaban J connectivity index is 3.24. The third kappa shape index (κ3) is 1.46. The van der Waals surface area contributed by atoms with Crippen molar-refractivity contribution in [3.05, 3.63) is 41.7 Å². The molecule has 1 nitrogen and oxygen atoms in total. The minimum atomic E-state index is -0.341. The molecule has 0 bridgehead atoms. The average Bonchev–Trinajstić information content (AvgIpc) is 2.04. The molecule has 0 aliphatic carbocycles. The zero-order valence-corrected chi connectivity index (χ0v) is 6.05. The number of hydrogen-bond acceptors (Lipinski definition) is 1. The zero-order valence-electron chi connectivity index (χ0n) is 6.05. The molecule has 11 heavy (non-hydrogen) atoms. The van der Waals surface area contributed by atoms with E-state index in [-0.39, 0.29) is 12.4 Å². The van der Waals surface area contributed by atoms with Crippen LogP contribution in [0.25, 0.3) is 6.08 Å². The van der Waals surface area contributed by atoms with Gasteiger partial charge in [0.15, 0.2) is 0 Å². The summed E-state index contributed by atoms with van der Waals surface area (Å²) in [6, 6.07) is 4.57. The Kier molecular flexibility index (Phi) is 2.39. The van der Waals surface area contributed by atoms with E-state index in [1.54, 1.807) is 12.1 Å². The molecule has 0 unspecified atom stereocenters. The van der Waals surface area contributed by atoms with Crippen molar-refractivity contribution in [1.82, 2.24) is 0 Å². The molecular formula is C9H9FO. The molecule has 0 aromatic heterocycles. The van der Waals surface area contributed by atoms with Gasteiger partial charge in [-0.2, -0.15) is 0 Å². The largest absolute Gasteiger partial charge is 0.392 e. The predicted molar refractivity (Wildman–Crippen MR) is 42.4 cm³/mol. The number of rotatable bonds is 2. The van der Waals surface area contributed by atoms with Crippen molar-refractivity contribution in [2.75, 3.05) is 0 Å². The lowest BCUT2D eigenvalue weighted by atomic mass is 10.1. The smallest absolute Gasteiger partial charge is 0.130 e. The van der Waals surface area contributed by atoms with Crippen LogP contribution in [0, 0.1) is 5.82 Å². The summed E-state index contributed by atoms with van der Waals surface area (Å²) < 4.78 is 12.9. The lowest BCUT2D eigenvalue weighted by Gasteiger charge is -2.01. The third-order valence-electron chi connectivity index (χ3n) is 1.52. The second-order valence-electron chi connectivity index (χ2n) is 2.17. The van der Waals surface area contributed by atoms with Crippen molar-refractivity contribution < 1.29 is 9.50 Å². The Labute approximate surface area is 64.8 Å². The van der Waals surface area contributed by atoms with Crippen LogP contribution >= 0.6 is 0 Å². The fourth-order valence-corrected chi connectivity index (χ4v) is 0.948. The zero-order chi connectivity index (χ0) is 8.27. The molecule has 0 amide bonds. The van der Waals surface area contributed by atoms with Gasteiger partial charge in [-0.1, -0.05) is 24.8 Å². The summed E-state index contributed by atoms with van der Waals surface area (Å²) in [5.41, 5.74) is 0.954. The first-order valence-corrected chi connectivity index (χ1v) is 3.30. The summed E-state index contributed by atoms with van der Waals surface area (Å²) in [4.78, 5) is 0. The van der Waals surface area contributed by atoms with Gasteiger partial charge in [-0.15, -0.1) is 0 Å². The first kappa shape index (κ1) is 7.95. The second kappa shape index (κ2) is 3.30. The van der Waals surface area contributed by atoms with Gasteiger partial charge < -0.3 is 5.11 Å². The number of benzene rings is 1. The SMILES string of the molecule is C=Cc1c(F)cccc1CO. The second-order valence-corrected chi connectivity index (χ2v) is 2.17. The third-order valence-corrected chi connectivity index (χ3v) is 1.52. The molecule has 2 heteroatoms. The van der Waals surface area contributed by atoms with Crippen LogP contribution in [0.2, 0.25) is 0 Å². The predicted octanol–water partition coefficient (Wildman–Crippen LogP) is 1.96. The highest BCUT2D eigenvalue weighted by Crippen LogP contribution is 2.14. The Morgan fingerprint density at radius 3 is 2.73 bits per heavy atom. The van der Waals surface area contributed by atoms with Crippen molar-refractivity contribution in [2.45, 2.75) is 6.61 Å². The maximum atomic E-state index is 12.9. The lowest BCUT2D eigenvalue weighted by Crippen LogP contribution is -1.91. The summed E-state index contributed by atoms with van der Waals surface area (Å²) in [7, 11) is 0. The monoisotopic (exact) mass is 152 g/mol. The lowest BCUT2D eigenvalue weighted by molar-refractivity contribution is 0.281. The first-order valence-electron chi connectivity index (χ1n) is 3.30. The molecule has 1 rings (SSSR count). The van der Waals surface area contributed by atoms with Crippen LogP contribution in [0.5, 0.6) is 0 Å². The molecular weight excluding hydrogens is 143 g/mol. The van der Waals surface area contributed by atoms with E-state index in [9.17, 15) is 4.39 Å². The first-order chi connectivity index (χ1) is 5.29. The summed E-state index contributed by atoms with van der Waals surface area (Å²) in [5.74, 6) is -0.341. The van der Waals surface area contributed by atoms with Gasteiger partial charge in [-0.25, -0.2) is 4.39 Å². The Morgan fingerprint density at radius 2 is 2.27 bits per heavy atom. The standard InChI is InChI=1S/C9H9FO/c1-2-8-7(6-11)4-3-5-9(8)10/h2-5,11H,1,6H2. The van der Waals surface area contributed by atoms with E-state index in [1.165, 1.54) is 12.1 Å². The van der Waals surface area contributed by atoms with Gasteiger partial charge >= 0.3 is 0 Å². The van der Waals surface area contributed by atoms with Crippen LogP contribution in [-0.4, -0.2) is 5.11 Å². The topological polar surface area (TPSA) is 20.2 Å². The van der Waals surface area contributed by atoms with E-state index in [0.717, 1.165) is 0 Å². The van der Waals surface area contributed by atoms with E-state index < -0.39 is 0 Å². The Hall–Kier alpha value is -1.15. The van der Waals surface area contributed by atoms with E-state index in [1.807, 2.05) is 0 Å². The summed E-state index contributed by atoms with van der Waals surface area (Å²) in [6.45, 7) is 3.30. The van der Waals surface area contributed by atoms with Crippen LogP contribution in [0.1, 0.15) is 11.1 Å². The van der Waals surface area contributed by atoms with Crippen LogP contribution in [0.15, 0.2) is 24.8 Å². The molecule has 0 spiro atoms. The molecule has 58 valence electrons. The molecule has 0 saturated carbocycles. The highest BCUT2D eigenvalue weighted by molar-refractivity contribution is 5.52. The minimum Gasteiger partial charge on any atom is -0.392 e. The summed E-state index contributed by atoms with van der Waals surface area (Å²) in [5, 5.41) is 8.76. The molecule has 1 aromatic carbocycles. The molecule has 0 aliphatic rings. The molecule has 0 aliphatic heterocycles. The van der Waals surface area contributed by atoms with Gasteiger partial charge in [-0.05, 0) is 11.6 Å².